The minimum Gasteiger partial charge on any atom is -0.378 e. The summed E-state index contributed by atoms with van der Waals surface area (Å²) in [5, 5.41) is 11.6. The Morgan fingerprint density at radius 2 is 1.63 bits per heavy atom. The number of rotatable bonds is 4. The van der Waals surface area contributed by atoms with Crippen molar-refractivity contribution in [2.75, 3.05) is 36.5 Å². The number of hydrogen-bond acceptors (Lipinski definition) is 5. The first-order chi connectivity index (χ1) is 13.3. The van der Waals surface area contributed by atoms with E-state index >= 15 is 0 Å². The SMILES string of the molecule is O=C(Nc1ccc(-c2ccc(N3CCOCC3)nn2)cc1)c1ccccc1. The van der Waals surface area contributed by atoms with E-state index in [2.05, 4.69) is 20.4 Å². The minimum absolute atomic E-state index is 0.127. The molecule has 4 rings (SSSR count). The molecule has 0 atom stereocenters. The average molecular weight is 360 g/mol. The molecular formula is C21H20N4O2. The van der Waals surface area contributed by atoms with Crippen LogP contribution < -0.4 is 10.2 Å². The molecule has 0 bridgehead atoms. The molecule has 0 radical (unpaired) electrons. The van der Waals surface area contributed by atoms with Crippen LogP contribution >= 0.6 is 0 Å². The van der Waals surface area contributed by atoms with Crippen LogP contribution in [0.25, 0.3) is 11.3 Å². The number of anilines is 2. The van der Waals surface area contributed by atoms with Crippen LogP contribution in [0.15, 0.2) is 66.7 Å². The molecule has 0 saturated carbocycles. The van der Waals surface area contributed by atoms with Crippen LogP contribution in [0, 0.1) is 0 Å². The second kappa shape index (κ2) is 7.97. The van der Waals surface area contributed by atoms with Crippen molar-refractivity contribution >= 4 is 17.4 Å². The number of amides is 1. The second-order valence-electron chi connectivity index (χ2n) is 6.27. The molecule has 0 spiro atoms. The van der Waals surface area contributed by atoms with Gasteiger partial charge in [-0.1, -0.05) is 30.3 Å². The highest BCUT2D eigenvalue weighted by Gasteiger charge is 2.13. The van der Waals surface area contributed by atoms with Crippen LogP contribution in [0.1, 0.15) is 10.4 Å². The molecule has 2 aromatic carbocycles. The summed E-state index contributed by atoms with van der Waals surface area (Å²) in [6.45, 7) is 3.12. The number of carbonyl (C=O) groups excluding carboxylic acids is 1. The Labute approximate surface area is 157 Å². The van der Waals surface area contributed by atoms with Gasteiger partial charge in [0.1, 0.15) is 0 Å². The number of benzene rings is 2. The number of ether oxygens (including phenoxy) is 1. The molecule has 1 fully saturated rings. The Bertz CT molecular complexity index is 890. The fraction of sp³-hybridized carbons (Fsp3) is 0.190. The van der Waals surface area contributed by atoms with Gasteiger partial charge in [0.25, 0.3) is 5.91 Å². The van der Waals surface area contributed by atoms with Crippen molar-refractivity contribution < 1.29 is 9.53 Å². The van der Waals surface area contributed by atoms with E-state index in [4.69, 9.17) is 4.74 Å². The predicted molar refractivity (Wildman–Crippen MR) is 105 cm³/mol. The summed E-state index contributed by atoms with van der Waals surface area (Å²) >= 11 is 0. The van der Waals surface area contributed by atoms with Crippen LogP contribution in [0.4, 0.5) is 11.5 Å². The lowest BCUT2D eigenvalue weighted by molar-refractivity contribution is 0.102. The van der Waals surface area contributed by atoms with Gasteiger partial charge >= 0.3 is 0 Å². The molecule has 2 heterocycles. The fourth-order valence-corrected chi connectivity index (χ4v) is 2.96. The standard InChI is InChI=1S/C21H20N4O2/c26-21(17-4-2-1-3-5-17)22-18-8-6-16(7-9-18)19-10-11-20(24-23-19)25-12-14-27-15-13-25/h1-11H,12-15H2,(H,22,26). The van der Waals surface area contributed by atoms with Gasteiger partial charge in [-0.05, 0) is 36.4 Å². The van der Waals surface area contributed by atoms with Gasteiger partial charge in [0, 0.05) is 29.9 Å². The third-order valence-electron chi connectivity index (χ3n) is 4.46. The van der Waals surface area contributed by atoms with E-state index in [1.54, 1.807) is 12.1 Å². The van der Waals surface area contributed by atoms with Gasteiger partial charge in [-0.3, -0.25) is 4.79 Å². The lowest BCUT2D eigenvalue weighted by Crippen LogP contribution is -2.36. The third-order valence-corrected chi connectivity index (χ3v) is 4.46. The van der Waals surface area contributed by atoms with Crippen molar-refractivity contribution in [3.8, 4) is 11.3 Å². The lowest BCUT2D eigenvalue weighted by Gasteiger charge is -2.27. The van der Waals surface area contributed by atoms with Crippen molar-refractivity contribution in [2.45, 2.75) is 0 Å². The smallest absolute Gasteiger partial charge is 0.255 e. The summed E-state index contributed by atoms with van der Waals surface area (Å²) in [5.41, 5.74) is 3.12. The maximum Gasteiger partial charge on any atom is 0.255 e. The van der Waals surface area contributed by atoms with E-state index in [0.29, 0.717) is 5.56 Å². The van der Waals surface area contributed by atoms with Crippen LogP contribution in [-0.2, 0) is 4.74 Å². The Balaban J connectivity index is 1.43. The fourth-order valence-electron chi connectivity index (χ4n) is 2.96. The third kappa shape index (κ3) is 4.12. The zero-order chi connectivity index (χ0) is 18.5. The molecule has 6 heteroatoms. The number of carbonyl (C=O) groups is 1. The van der Waals surface area contributed by atoms with Gasteiger partial charge in [0.2, 0.25) is 0 Å². The largest absolute Gasteiger partial charge is 0.378 e. The van der Waals surface area contributed by atoms with Gasteiger partial charge in [-0.25, -0.2) is 0 Å². The second-order valence-corrected chi connectivity index (χ2v) is 6.27. The van der Waals surface area contributed by atoms with E-state index in [1.807, 2.05) is 54.6 Å². The van der Waals surface area contributed by atoms with E-state index in [1.165, 1.54) is 0 Å². The molecule has 1 aliphatic rings. The van der Waals surface area contributed by atoms with E-state index < -0.39 is 0 Å². The number of nitrogens with zero attached hydrogens (tertiary/aromatic N) is 3. The highest BCUT2D eigenvalue weighted by molar-refractivity contribution is 6.04. The molecule has 0 aliphatic carbocycles. The zero-order valence-electron chi connectivity index (χ0n) is 14.8. The van der Waals surface area contributed by atoms with E-state index in [-0.39, 0.29) is 5.91 Å². The van der Waals surface area contributed by atoms with Gasteiger partial charge < -0.3 is 15.0 Å². The number of aromatic nitrogens is 2. The summed E-state index contributed by atoms with van der Waals surface area (Å²) < 4.78 is 5.36. The summed E-state index contributed by atoms with van der Waals surface area (Å²) in [7, 11) is 0. The molecule has 6 nitrogen and oxygen atoms in total. The Hall–Kier alpha value is -3.25. The van der Waals surface area contributed by atoms with Crippen molar-refractivity contribution in [2.24, 2.45) is 0 Å². The van der Waals surface area contributed by atoms with Gasteiger partial charge in [0.05, 0.1) is 18.9 Å². The van der Waals surface area contributed by atoms with Gasteiger partial charge in [-0.2, -0.15) is 0 Å². The lowest BCUT2D eigenvalue weighted by atomic mass is 10.1. The van der Waals surface area contributed by atoms with Crippen LogP contribution in [0.5, 0.6) is 0 Å². The zero-order valence-corrected chi connectivity index (χ0v) is 14.8. The number of morpholine rings is 1. The van der Waals surface area contributed by atoms with E-state index in [0.717, 1.165) is 49.1 Å². The Morgan fingerprint density at radius 1 is 0.889 bits per heavy atom. The summed E-state index contributed by atoms with van der Waals surface area (Å²) in [4.78, 5) is 14.4. The normalized spacial score (nSPS) is 14.0. The molecular weight excluding hydrogens is 340 g/mol. The molecule has 0 unspecified atom stereocenters. The first kappa shape index (κ1) is 17.2. The molecule has 27 heavy (non-hydrogen) atoms. The monoisotopic (exact) mass is 360 g/mol. The number of hydrogen-bond donors (Lipinski definition) is 1. The molecule has 136 valence electrons. The van der Waals surface area contributed by atoms with Crippen molar-refractivity contribution in [1.29, 1.82) is 0 Å². The summed E-state index contributed by atoms with van der Waals surface area (Å²) in [6.07, 6.45) is 0. The van der Waals surface area contributed by atoms with Crippen molar-refractivity contribution in [1.82, 2.24) is 10.2 Å². The van der Waals surface area contributed by atoms with Crippen LogP contribution in [0.2, 0.25) is 0 Å². The van der Waals surface area contributed by atoms with E-state index in [9.17, 15) is 4.79 Å². The topological polar surface area (TPSA) is 67.4 Å². The maximum atomic E-state index is 12.2. The molecule has 3 aromatic rings. The predicted octanol–water partition coefficient (Wildman–Crippen LogP) is 3.23. The highest BCUT2D eigenvalue weighted by atomic mass is 16.5. The van der Waals surface area contributed by atoms with Gasteiger partial charge in [0.15, 0.2) is 5.82 Å². The molecule has 1 saturated heterocycles. The maximum absolute atomic E-state index is 12.2. The average Bonchev–Trinajstić information content (AvgIpc) is 2.76. The molecule has 1 amide bonds. The quantitative estimate of drug-likeness (QED) is 0.774. The number of nitrogens with one attached hydrogen (secondary N) is 1. The summed E-state index contributed by atoms with van der Waals surface area (Å²) in [6, 6.07) is 20.7. The Kier molecular flexibility index (Phi) is 5.07. The van der Waals surface area contributed by atoms with Crippen LogP contribution in [-0.4, -0.2) is 42.4 Å². The Morgan fingerprint density at radius 3 is 2.30 bits per heavy atom. The minimum atomic E-state index is -0.127. The summed E-state index contributed by atoms with van der Waals surface area (Å²) in [5.74, 6) is 0.742. The van der Waals surface area contributed by atoms with Crippen molar-refractivity contribution in [3.63, 3.8) is 0 Å². The van der Waals surface area contributed by atoms with Gasteiger partial charge in [-0.15, -0.1) is 10.2 Å². The molecule has 1 aromatic heterocycles. The first-order valence-corrected chi connectivity index (χ1v) is 8.93. The van der Waals surface area contributed by atoms with Crippen LogP contribution in [0.3, 0.4) is 0 Å². The molecule has 1 N–H and O–H groups in total. The highest BCUT2D eigenvalue weighted by Crippen LogP contribution is 2.21. The first-order valence-electron chi connectivity index (χ1n) is 8.93. The molecule has 1 aliphatic heterocycles. The van der Waals surface area contributed by atoms with Crippen molar-refractivity contribution in [3.05, 3.63) is 72.3 Å².